The summed E-state index contributed by atoms with van der Waals surface area (Å²) in [5, 5.41) is 10.0. The van der Waals surface area contributed by atoms with Crippen molar-refractivity contribution >= 4 is 0 Å². The van der Waals surface area contributed by atoms with Gasteiger partial charge in [0.1, 0.15) is 0 Å². The molecule has 0 aliphatic heterocycles. The Bertz CT molecular complexity index is 497. The zero-order chi connectivity index (χ0) is 13.0. The quantitative estimate of drug-likeness (QED) is 0.870. The molecule has 0 amide bonds. The first-order valence-corrected chi connectivity index (χ1v) is 5.77. The van der Waals surface area contributed by atoms with E-state index in [2.05, 4.69) is 0 Å². The average Bonchev–Trinajstić information content (AvgIpc) is 2.40. The Morgan fingerprint density at radius 2 is 1.56 bits per heavy atom. The van der Waals surface area contributed by atoms with Crippen LogP contribution in [-0.2, 0) is 6.42 Å². The minimum Gasteiger partial charge on any atom is -0.388 e. The van der Waals surface area contributed by atoms with Gasteiger partial charge in [0.15, 0.2) is 0 Å². The van der Waals surface area contributed by atoms with E-state index in [-0.39, 0.29) is 5.56 Å². The molecule has 18 heavy (non-hydrogen) atoms. The molecule has 3 heteroatoms. The highest BCUT2D eigenvalue weighted by Gasteiger charge is 2.12. The molecule has 0 saturated carbocycles. The maximum Gasteiger partial charge on any atom is 0.263 e. The topological polar surface area (TPSA) is 20.2 Å². The summed E-state index contributed by atoms with van der Waals surface area (Å²) in [6.45, 7) is 0. The van der Waals surface area contributed by atoms with Crippen molar-refractivity contribution in [3.63, 3.8) is 0 Å². The van der Waals surface area contributed by atoms with E-state index in [0.29, 0.717) is 12.0 Å². The van der Waals surface area contributed by atoms with Gasteiger partial charge in [0.25, 0.3) is 6.43 Å². The van der Waals surface area contributed by atoms with Gasteiger partial charge in [-0.25, -0.2) is 8.78 Å². The first kappa shape index (κ1) is 12.7. The standard InChI is InChI=1S/C15H14F2O/c16-15(17)13-8-4-7-12(10-13)14(18)9-11-5-2-1-3-6-11/h1-8,10,14-15,18H,9H2. The third kappa shape index (κ3) is 3.14. The molecule has 0 spiro atoms. The zero-order valence-corrected chi connectivity index (χ0v) is 9.76. The second kappa shape index (κ2) is 5.74. The lowest BCUT2D eigenvalue weighted by Crippen LogP contribution is -2.02. The first-order chi connectivity index (χ1) is 8.66. The van der Waals surface area contributed by atoms with Crippen LogP contribution in [0.15, 0.2) is 54.6 Å². The van der Waals surface area contributed by atoms with Crippen LogP contribution < -0.4 is 0 Å². The molecule has 0 bridgehead atoms. The number of halogens is 2. The van der Waals surface area contributed by atoms with Crippen LogP contribution in [0.2, 0.25) is 0 Å². The van der Waals surface area contributed by atoms with Gasteiger partial charge in [-0.15, -0.1) is 0 Å². The fourth-order valence-electron chi connectivity index (χ4n) is 1.86. The highest BCUT2D eigenvalue weighted by Crippen LogP contribution is 2.24. The van der Waals surface area contributed by atoms with E-state index in [1.807, 2.05) is 30.3 Å². The molecule has 2 aromatic rings. The van der Waals surface area contributed by atoms with Crippen LogP contribution in [0.5, 0.6) is 0 Å². The maximum absolute atomic E-state index is 12.6. The van der Waals surface area contributed by atoms with Crippen molar-refractivity contribution in [2.45, 2.75) is 19.0 Å². The Labute approximate surface area is 105 Å². The number of rotatable bonds is 4. The van der Waals surface area contributed by atoms with Crippen molar-refractivity contribution in [2.24, 2.45) is 0 Å². The Morgan fingerprint density at radius 3 is 2.22 bits per heavy atom. The van der Waals surface area contributed by atoms with E-state index < -0.39 is 12.5 Å². The van der Waals surface area contributed by atoms with Crippen LogP contribution in [0, 0.1) is 0 Å². The third-order valence-electron chi connectivity index (χ3n) is 2.82. The molecular formula is C15H14F2O. The third-order valence-corrected chi connectivity index (χ3v) is 2.82. The largest absolute Gasteiger partial charge is 0.388 e. The fraction of sp³-hybridized carbons (Fsp3) is 0.200. The fourth-order valence-corrected chi connectivity index (χ4v) is 1.86. The molecule has 2 aromatic carbocycles. The smallest absolute Gasteiger partial charge is 0.263 e. The lowest BCUT2D eigenvalue weighted by molar-refractivity contribution is 0.149. The predicted octanol–water partition coefficient (Wildman–Crippen LogP) is 3.90. The molecule has 0 saturated heterocycles. The van der Waals surface area contributed by atoms with Crippen LogP contribution in [0.4, 0.5) is 8.78 Å². The second-order valence-corrected chi connectivity index (χ2v) is 4.18. The lowest BCUT2D eigenvalue weighted by Gasteiger charge is -2.12. The molecule has 0 heterocycles. The first-order valence-electron chi connectivity index (χ1n) is 5.77. The summed E-state index contributed by atoms with van der Waals surface area (Å²) >= 11 is 0. The van der Waals surface area contributed by atoms with Crippen molar-refractivity contribution in [2.75, 3.05) is 0 Å². The van der Waals surface area contributed by atoms with Gasteiger partial charge in [-0.2, -0.15) is 0 Å². The number of benzene rings is 2. The molecule has 1 N–H and O–H groups in total. The minimum absolute atomic E-state index is 0.0559. The summed E-state index contributed by atoms with van der Waals surface area (Å²) in [7, 11) is 0. The molecule has 2 rings (SSSR count). The van der Waals surface area contributed by atoms with Crippen LogP contribution >= 0.6 is 0 Å². The molecule has 0 aromatic heterocycles. The molecular weight excluding hydrogens is 234 g/mol. The van der Waals surface area contributed by atoms with Gasteiger partial charge in [-0.1, -0.05) is 48.5 Å². The highest BCUT2D eigenvalue weighted by atomic mass is 19.3. The van der Waals surface area contributed by atoms with Crippen LogP contribution in [-0.4, -0.2) is 5.11 Å². The molecule has 0 fully saturated rings. The maximum atomic E-state index is 12.6. The monoisotopic (exact) mass is 248 g/mol. The molecule has 1 nitrogen and oxygen atoms in total. The molecule has 0 aliphatic carbocycles. The lowest BCUT2D eigenvalue weighted by atomic mass is 10.00. The normalized spacial score (nSPS) is 12.7. The van der Waals surface area contributed by atoms with E-state index in [1.54, 1.807) is 12.1 Å². The van der Waals surface area contributed by atoms with Crippen LogP contribution in [0.25, 0.3) is 0 Å². The summed E-state index contributed by atoms with van der Waals surface area (Å²) in [6.07, 6.45) is -2.84. The number of aliphatic hydroxyl groups is 1. The van der Waals surface area contributed by atoms with Crippen molar-refractivity contribution in [1.82, 2.24) is 0 Å². The molecule has 1 atom stereocenters. The van der Waals surface area contributed by atoms with E-state index >= 15 is 0 Å². The summed E-state index contributed by atoms with van der Waals surface area (Å²) in [5.41, 5.74) is 1.45. The number of hydrogen-bond acceptors (Lipinski definition) is 1. The van der Waals surface area contributed by atoms with Crippen LogP contribution in [0.1, 0.15) is 29.2 Å². The molecule has 0 radical (unpaired) electrons. The van der Waals surface area contributed by atoms with E-state index in [1.165, 1.54) is 12.1 Å². The van der Waals surface area contributed by atoms with Crippen molar-refractivity contribution in [3.8, 4) is 0 Å². The Morgan fingerprint density at radius 1 is 0.889 bits per heavy atom. The van der Waals surface area contributed by atoms with Gasteiger partial charge in [-0.3, -0.25) is 0 Å². The number of alkyl halides is 2. The summed E-state index contributed by atoms with van der Waals surface area (Å²) in [6, 6.07) is 15.4. The summed E-state index contributed by atoms with van der Waals surface area (Å²) < 4.78 is 25.1. The zero-order valence-electron chi connectivity index (χ0n) is 9.76. The van der Waals surface area contributed by atoms with E-state index in [0.717, 1.165) is 5.56 Å². The van der Waals surface area contributed by atoms with Gasteiger partial charge >= 0.3 is 0 Å². The summed E-state index contributed by atoms with van der Waals surface area (Å²) in [4.78, 5) is 0. The Hall–Kier alpha value is -1.74. The predicted molar refractivity (Wildman–Crippen MR) is 66.5 cm³/mol. The Kier molecular flexibility index (Phi) is 4.05. The molecule has 1 unspecified atom stereocenters. The van der Waals surface area contributed by atoms with E-state index in [4.69, 9.17) is 0 Å². The number of hydrogen-bond donors (Lipinski definition) is 1. The van der Waals surface area contributed by atoms with E-state index in [9.17, 15) is 13.9 Å². The minimum atomic E-state index is -2.51. The molecule has 94 valence electrons. The molecule has 0 aliphatic rings. The average molecular weight is 248 g/mol. The van der Waals surface area contributed by atoms with Crippen LogP contribution in [0.3, 0.4) is 0 Å². The van der Waals surface area contributed by atoms with Crippen molar-refractivity contribution in [1.29, 1.82) is 0 Å². The second-order valence-electron chi connectivity index (χ2n) is 4.18. The number of aliphatic hydroxyl groups excluding tert-OH is 1. The van der Waals surface area contributed by atoms with Gasteiger partial charge in [-0.05, 0) is 17.2 Å². The van der Waals surface area contributed by atoms with Gasteiger partial charge < -0.3 is 5.11 Å². The Balaban J connectivity index is 2.14. The van der Waals surface area contributed by atoms with Crippen molar-refractivity contribution < 1.29 is 13.9 Å². The van der Waals surface area contributed by atoms with Gasteiger partial charge in [0, 0.05) is 12.0 Å². The highest BCUT2D eigenvalue weighted by molar-refractivity contribution is 5.27. The SMILES string of the molecule is OC(Cc1ccccc1)c1cccc(C(F)F)c1. The van der Waals surface area contributed by atoms with Gasteiger partial charge in [0.2, 0.25) is 0 Å². The van der Waals surface area contributed by atoms with Gasteiger partial charge in [0.05, 0.1) is 6.10 Å². The van der Waals surface area contributed by atoms with Crippen molar-refractivity contribution in [3.05, 3.63) is 71.3 Å². The summed E-state index contributed by atoms with van der Waals surface area (Å²) in [5.74, 6) is 0.